The molecule has 5 nitrogen and oxygen atoms in total. The van der Waals surface area contributed by atoms with Crippen molar-refractivity contribution in [2.75, 3.05) is 40.4 Å². The van der Waals surface area contributed by atoms with E-state index in [1.807, 2.05) is 25.3 Å². The fourth-order valence-corrected chi connectivity index (χ4v) is 4.50. The summed E-state index contributed by atoms with van der Waals surface area (Å²) in [6, 6.07) is 6.34. The third-order valence-corrected chi connectivity index (χ3v) is 5.82. The molecule has 1 aliphatic carbocycles. The lowest BCUT2D eigenvalue weighted by atomic mass is 9.79. The molecule has 1 N–H and O–H groups in total. The van der Waals surface area contributed by atoms with Crippen molar-refractivity contribution in [2.24, 2.45) is 5.92 Å². The zero-order valence-electron chi connectivity index (χ0n) is 16.1. The molecule has 2 unspecified atom stereocenters. The molecule has 0 spiro atoms. The van der Waals surface area contributed by atoms with Gasteiger partial charge in [0.25, 0.3) is 6.43 Å². The van der Waals surface area contributed by atoms with Gasteiger partial charge >= 0.3 is 0 Å². The summed E-state index contributed by atoms with van der Waals surface area (Å²) in [5.41, 5.74) is 4.62. The van der Waals surface area contributed by atoms with Gasteiger partial charge in [-0.1, -0.05) is 18.2 Å². The number of nitrogens with one attached hydrogen (secondary N) is 1. The van der Waals surface area contributed by atoms with E-state index in [1.54, 1.807) is 0 Å². The van der Waals surface area contributed by atoms with Crippen molar-refractivity contribution in [3.63, 3.8) is 0 Å². The monoisotopic (exact) mass is 389 g/mol. The molecule has 0 radical (unpaired) electrons. The molecule has 0 bridgehead atoms. The second-order valence-corrected chi connectivity index (χ2v) is 7.60. The van der Waals surface area contributed by atoms with Gasteiger partial charge in [0, 0.05) is 43.3 Å². The van der Waals surface area contributed by atoms with Crippen LogP contribution in [0.2, 0.25) is 0 Å². The number of halogens is 2. The molecule has 2 aliphatic rings. The van der Waals surface area contributed by atoms with E-state index in [9.17, 15) is 13.6 Å². The summed E-state index contributed by atoms with van der Waals surface area (Å²) in [5.74, 6) is -0.704. The minimum Gasteiger partial charge on any atom is -0.383 e. The number of alkyl halides is 2. The zero-order valence-corrected chi connectivity index (χ0v) is 16.1. The number of rotatable bonds is 6. The topological polar surface area (TPSA) is 48.6 Å². The van der Waals surface area contributed by atoms with Gasteiger partial charge < -0.3 is 14.6 Å². The fraction of sp³-hybridized carbons (Fsp3) is 0.476. The molecule has 1 aromatic heterocycles. The molecule has 0 saturated heterocycles. The Kier molecular flexibility index (Phi) is 5.21. The van der Waals surface area contributed by atoms with Crippen molar-refractivity contribution < 1.29 is 18.3 Å². The van der Waals surface area contributed by atoms with Gasteiger partial charge in [-0.2, -0.15) is 0 Å². The predicted octanol–water partition coefficient (Wildman–Crippen LogP) is 2.78. The number of fused-ring (bicyclic) bond motifs is 2. The van der Waals surface area contributed by atoms with Crippen LogP contribution in [0.1, 0.15) is 11.1 Å². The second-order valence-electron chi connectivity index (χ2n) is 7.60. The highest BCUT2D eigenvalue weighted by molar-refractivity contribution is 5.99. The average molecular weight is 389 g/mol. The first-order valence-corrected chi connectivity index (χ1v) is 9.56. The number of methoxy groups -OCH3 is 1. The number of carbonyl (C=O) groups is 1. The molecule has 1 amide bonds. The van der Waals surface area contributed by atoms with E-state index in [-0.39, 0.29) is 25.1 Å². The van der Waals surface area contributed by atoms with Crippen molar-refractivity contribution in [3.05, 3.63) is 41.6 Å². The zero-order chi connectivity index (χ0) is 19.8. The average Bonchev–Trinajstić information content (AvgIpc) is 3.09. The highest BCUT2D eigenvalue weighted by atomic mass is 19.3. The van der Waals surface area contributed by atoms with Gasteiger partial charge in [-0.3, -0.25) is 9.69 Å². The molecule has 28 heavy (non-hydrogen) atoms. The lowest BCUT2D eigenvalue weighted by Crippen LogP contribution is -2.49. The molecule has 2 heterocycles. The number of hydrogen-bond acceptors (Lipinski definition) is 3. The first-order chi connectivity index (χ1) is 13.5. The molecule has 1 aliphatic heterocycles. The predicted molar refractivity (Wildman–Crippen MR) is 104 cm³/mol. The van der Waals surface area contributed by atoms with Crippen LogP contribution >= 0.6 is 0 Å². The Morgan fingerprint density at radius 1 is 1.43 bits per heavy atom. The van der Waals surface area contributed by atoms with Crippen molar-refractivity contribution >= 4 is 22.4 Å². The van der Waals surface area contributed by atoms with E-state index in [1.165, 1.54) is 23.0 Å². The van der Waals surface area contributed by atoms with Crippen LogP contribution < -0.4 is 0 Å². The highest BCUT2D eigenvalue weighted by Crippen LogP contribution is 2.40. The van der Waals surface area contributed by atoms with Gasteiger partial charge in [0.15, 0.2) is 0 Å². The first-order valence-electron chi connectivity index (χ1n) is 9.56. The number of aromatic amines is 1. The minimum absolute atomic E-state index is 0.171. The van der Waals surface area contributed by atoms with Gasteiger partial charge in [-0.25, -0.2) is 8.78 Å². The van der Waals surface area contributed by atoms with E-state index < -0.39 is 18.9 Å². The summed E-state index contributed by atoms with van der Waals surface area (Å²) in [6.45, 7) is 0.373. The van der Waals surface area contributed by atoms with E-state index in [0.29, 0.717) is 6.54 Å². The number of likely N-dealkylation sites (N-methyl/N-ethyl adjacent to an activating group) is 1. The van der Waals surface area contributed by atoms with Crippen LogP contribution in [-0.2, 0) is 16.0 Å². The summed E-state index contributed by atoms with van der Waals surface area (Å²) >= 11 is 0. The summed E-state index contributed by atoms with van der Waals surface area (Å²) in [7, 11) is 3.51. The quantitative estimate of drug-likeness (QED) is 0.827. The van der Waals surface area contributed by atoms with Crippen LogP contribution in [0.25, 0.3) is 16.5 Å². The Bertz CT molecular complexity index is 908. The van der Waals surface area contributed by atoms with Crippen LogP contribution in [-0.4, -0.2) is 73.6 Å². The summed E-state index contributed by atoms with van der Waals surface area (Å²) in [4.78, 5) is 19.8. The standard InChI is InChI=1S/C21H25F2N3O2/c1-25-11-14(21(27)26(6-7-28-2)12-19(22)23)8-16-15-4-3-5-17-20(15)13(10-24-17)9-18(16)25/h3-5,8,10,14,18-19,24H,6-7,9,11-12H2,1-2H3. The van der Waals surface area contributed by atoms with Crippen molar-refractivity contribution in [2.45, 2.75) is 18.9 Å². The van der Waals surface area contributed by atoms with Crippen LogP contribution in [0, 0.1) is 5.92 Å². The number of H-pyrrole nitrogens is 1. The molecule has 0 fully saturated rings. The largest absolute Gasteiger partial charge is 0.383 e. The van der Waals surface area contributed by atoms with Crippen LogP contribution in [0.15, 0.2) is 30.5 Å². The third kappa shape index (κ3) is 3.33. The molecule has 7 heteroatoms. The van der Waals surface area contributed by atoms with Crippen molar-refractivity contribution in [1.29, 1.82) is 0 Å². The maximum Gasteiger partial charge on any atom is 0.255 e. The summed E-state index contributed by atoms with van der Waals surface area (Å²) in [5, 5.41) is 1.20. The smallest absolute Gasteiger partial charge is 0.255 e. The Hall–Kier alpha value is -2.25. The third-order valence-electron chi connectivity index (χ3n) is 5.82. The second kappa shape index (κ2) is 7.64. The van der Waals surface area contributed by atoms with Gasteiger partial charge in [0.05, 0.1) is 19.1 Å². The Balaban J connectivity index is 1.68. The Labute approximate surface area is 162 Å². The normalized spacial score (nSPS) is 21.7. The Morgan fingerprint density at radius 3 is 3.00 bits per heavy atom. The van der Waals surface area contributed by atoms with Crippen LogP contribution in [0.5, 0.6) is 0 Å². The van der Waals surface area contributed by atoms with Gasteiger partial charge in [0.2, 0.25) is 5.91 Å². The molecule has 150 valence electrons. The van der Waals surface area contributed by atoms with E-state index >= 15 is 0 Å². The summed E-state index contributed by atoms with van der Waals surface area (Å²) < 4.78 is 31.0. The van der Waals surface area contributed by atoms with E-state index in [0.717, 1.165) is 23.1 Å². The number of nitrogens with zero attached hydrogens (tertiary/aromatic N) is 2. The number of aromatic nitrogens is 1. The molecule has 1 aromatic carbocycles. The minimum atomic E-state index is -2.56. The van der Waals surface area contributed by atoms with Gasteiger partial charge in [0.1, 0.15) is 0 Å². The lowest BCUT2D eigenvalue weighted by Gasteiger charge is -2.40. The molecular weight excluding hydrogens is 364 g/mol. The van der Waals surface area contributed by atoms with Gasteiger partial charge in [-0.15, -0.1) is 0 Å². The van der Waals surface area contributed by atoms with E-state index in [4.69, 9.17) is 4.74 Å². The van der Waals surface area contributed by atoms with Gasteiger partial charge in [-0.05, 0) is 36.2 Å². The molecule has 2 atom stereocenters. The summed E-state index contributed by atoms with van der Waals surface area (Å²) in [6.07, 6.45) is 2.38. The van der Waals surface area contributed by atoms with Crippen LogP contribution in [0.3, 0.4) is 0 Å². The molecular formula is C21H25F2N3O2. The number of amides is 1. The first kappa shape index (κ1) is 19.1. The maximum absolute atomic E-state index is 13.1. The lowest BCUT2D eigenvalue weighted by molar-refractivity contribution is -0.137. The molecule has 4 rings (SSSR count). The van der Waals surface area contributed by atoms with Crippen LogP contribution in [0.4, 0.5) is 8.78 Å². The van der Waals surface area contributed by atoms with E-state index in [2.05, 4.69) is 22.1 Å². The number of ether oxygens (including phenoxy) is 1. The highest BCUT2D eigenvalue weighted by Gasteiger charge is 2.37. The number of carbonyl (C=O) groups excluding carboxylic acids is 1. The Morgan fingerprint density at radius 2 is 2.25 bits per heavy atom. The number of benzene rings is 1. The molecule has 2 aromatic rings. The fourth-order valence-electron chi connectivity index (χ4n) is 4.50. The molecule has 0 saturated carbocycles. The van der Waals surface area contributed by atoms with Crippen molar-refractivity contribution in [1.82, 2.24) is 14.8 Å². The van der Waals surface area contributed by atoms with Crippen molar-refractivity contribution in [3.8, 4) is 0 Å². The maximum atomic E-state index is 13.1. The number of hydrogen-bond donors (Lipinski definition) is 1. The SMILES string of the molecule is COCCN(CC(F)F)C(=O)C1C=C2c3cccc4[nH]cc(c34)CC2N(C)C1.